The van der Waals surface area contributed by atoms with E-state index in [0.29, 0.717) is 29.5 Å². The molecule has 1 aromatic carbocycles. The normalized spacial score (nSPS) is 18.6. The van der Waals surface area contributed by atoms with Gasteiger partial charge >= 0.3 is 5.97 Å². The van der Waals surface area contributed by atoms with E-state index < -0.39 is 11.5 Å². The highest BCUT2D eigenvalue weighted by molar-refractivity contribution is 5.99. The Balaban J connectivity index is 2.36. The Kier molecular flexibility index (Phi) is 3.67. The van der Waals surface area contributed by atoms with E-state index in [1.807, 2.05) is 0 Å². The molecule has 0 aliphatic heterocycles. The summed E-state index contributed by atoms with van der Waals surface area (Å²) in [4.78, 5) is 23.9. The Hall–Kier alpha value is -1.71. The molecule has 0 aromatic heterocycles. The maximum Gasteiger partial charge on any atom is 0.311 e. The number of Topliss-reactive ketones (excluding diaryl/α,β-unsaturated/α-hetero) is 1. The van der Waals surface area contributed by atoms with Crippen LogP contribution in [0.1, 0.15) is 61.2 Å². The molecule has 0 fully saturated rings. The van der Waals surface area contributed by atoms with Crippen LogP contribution in [0.25, 0.3) is 0 Å². The fourth-order valence-corrected chi connectivity index (χ4v) is 2.19. The molecule has 4 heteroatoms. The van der Waals surface area contributed by atoms with Crippen LogP contribution in [0, 0.1) is 18.2 Å². The molecule has 0 radical (unpaired) electrons. The van der Waals surface area contributed by atoms with Gasteiger partial charge in [-0.15, -0.1) is 0 Å². The molecule has 1 aromatic rings. The average molecular weight is 278 g/mol. The van der Waals surface area contributed by atoms with Crippen LogP contribution >= 0.6 is 0 Å². The lowest BCUT2D eigenvalue weighted by Gasteiger charge is -2.28. The van der Waals surface area contributed by atoms with Crippen molar-refractivity contribution in [2.24, 2.45) is 5.41 Å². The second-order valence-electron chi connectivity index (χ2n) is 6.29. The first kappa shape index (κ1) is 14.7. The van der Waals surface area contributed by atoms with Crippen molar-refractivity contribution in [3.05, 3.63) is 34.6 Å². The molecular formula is C16H19FO3. The quantitative estimate of drug-likeness (QED) is 0.735. The number of benzene rings is 1. The van der Waals surface area contributed by atoms with Crippen molar-refractivity contribution < 1.29 is 18.7 Å². The third-order valence-corrected chi connectivity index (χ3v) is 3.47. The molecule has 0 heterocycles. The minimum atomic E-state index is -0.620. The molecule has 1 unspecified atom stereocenters. The van der Waals surface area contributed by atoms with Gasteiger partial charge in [0.1, 0.15) is 11.9 Å². The molecular weight excluding hydrogens is 259 g/mol. The van der Waals surface area contributed by atoms with Crippen molar-refractivity contribution in [3.8, 4) is 0 Å². The molecule has 0 amide bonds. The Morgan fingerprint density at radius 1 is 1.35 bits per heavy atom. The average Bonchev–Trinajstić information content (AvgIpc) is 2.34. The van der Waals surface area contributed by atoms with Gasteiger partial charge in [0.05, 0.1) is 5.41 Å². The molecule has 0 bridgehead atoms. The number of carbonyl (C=O) groups is 2. The van der Waals surface area contributed by atoms with Crippen molar-refractivity contribution in [2.75, 3.05) is 0 Å². The maximum absolute atomic E-state index is 13.7. The summed E-state index contributed by atoms with van der Waals surface area (Å²) in [7, 11) is 0. The molecule has 3 nitrogen and oxygen atoms in total. The molecule has 108 valence electrons. The summed E-state index contributed by atoms with van der Waals surface area (Å²) in [5.41, 5.74) is 0.772. The first-order valence-electron chi connectivity index (χ1n) is 6.74. The van der Waals surface area contributed by atoms with Crippen molar-refractivity contribution >= 4 is 11.8 Å². The van der Waals surface area contributed by atoms with E-state index in [1.54, 1.807) is 33.8 Å². The second kappa shape index (κ2) is 5.00. The van der Waals surface area contributed by atoms with Crippen LogP contribution in [0.5, 0.6) is 0 Å². The molecule has 1 atom stereocenters. The molecule has 0 saturated heterocycles. The lowest BCUT2D eigenvalue weighted by atomic mass is 9.86. The maximum atomic E-state index is 13.7. The summed E-state index contributed by atoms with van der Waals surface area (Å²) in [5.74, 6) is -0.745. The highest BCUT2D eigenvalue weighted by Crippen LogP contribution is 2.35. The van der Waals surface area contributed by atoms with E-state index in [9.17, 15) is 14.0 Å². The number of carbonyl (C=O) groups excluding carboxylic acids is 2. The molecule has 2 rings (SSSR count). The van der Waals surface area contributed by atoms with Crippen LogP contribution in [-0.2, 0) is 9.53 Å². The number of fused-ring (bicyclic) bond motifs is 1. The number of hydrogen-bond acceptors (Lipinski definition) is 3. The van der Waals surface area contributed by atoms with Gasteiger partial charge in [-0.2, -0.15) is 0 Å². The zero-order chi connectivity index (χ0) is 15.1. The van der Waals surface area contributed by atoms with Gasteiger partial charge in [0.2, 0.25) is 0 Å². The molecule has 0 N–H and O–H groups in total. The van der Waals surface area contributed by atoms with E-state index in [4.69, 9.17) is 4.74 Å². The third-order valence-electron chi connectivity index (χ3n) is 3.47. The van der Waals surface area contributed by atoms with Crippen molar-refractivity contribution in [3.63, 3.8) is 0 Å². The minimum absolute atomic E-state index is 0.0221. The van der Waals surface area contributed by atoms with Gasteiger partial charge in [0, 0.05) is 17.5 Å². The zero-order valence-electron chi connectivity index (χ0n) is 12.2. The van der Waals surface area contributed by atoms with Gasteiger partial charge in [0.15, 0.2) is 5.78 Å². The predicted molar refractivity (Wildman–Crippen MR) is 73.0 cm³/mol. The number of ketones is 1. The van der Waals surface area contributed by atoms with Crippen LogP contribution < -0.4 is 0 Å². The van der Waals surface area contributed by atoms with Crippen LogP contribution in [0.2, 0.25) is 0 Å². The van der Waals surface area contributed by atoms with Crippen molar-refractivity contribution in [2.45, 2.75) is 46.6 Å². The van der Waals surface area contributed by atoms with Crippen LogP contribution in [0.15, 0.2) is 12.1 Å². The summed E-state index contributed by atoms with van der Waals surface area (Å²) in [6.45, 7) is 6.91. The van der Waals surface area contributed by atoms with Gasteiger partial charge < -0.3 is 4.74 Å². The highest BCUT2D eigenvalue weighted by Gasteiger charge is 2.32. The Bertz CT molecular complexity index is 570. The van der Waals surface area contributed by atoms with Gasteiger partial charge in [0.25, 0.3) is 0 Å². The van der Waals surface area contributed by atoms with E-state index in [0.717, 1.165) is 0 Å². The summed E-state index contributed by atoms with van der Waals surface area (Å²) in [5, 5.41) is 0. The first-order valence-corrected chi connectivity index (χ1v) is 6.74. The van der Waals surface area contributed by atoms with Crippen molar-refractivity contribution in [1.29, 1.82) is 0 Å². The summed E-state index contributed by atoms with van der Waals surface area (Å²) < 4.78 is 19.2. The number of ether oxygens (including phenoxy) is 1. The smallest absolute Gasteiger partial charge is 0.311 e. The molecule has 0 spiro atoms. The lowest BCUT2D eigenvalue weighted by molar-refractivity contribution is -0.159. The molecule has 0 saturated carbocycles. The summed E-state index contributed by atoms with van der Waals surface area (Å²) in [6, 6.07) is 2.87. The predicted octanol–water partition coefficient (Wildman–Crippen LogP) is 3.74. The van der Waals surface area contributed by atoms with Crippen LogP contribution in [0.4, 0.5) is 4.39 Å². The Morgan fingerprint density at radius 3 is 2.60 bits per heavy atom. The van der Waals surface area contributed by atoms with Gasteiger partial charge in [-0.05, 0) is 51.8 Å². The monoisotopic (exact) mass is 278 g/mol. The number of aryl methyl sites for hydroxylation is 1. The SMILES string of the molecule is Cc1cc2c(cc1F)C(OC(=O)C(C)(C)C)CCC2=O. The highest BCUT2D eigenvalue weighted by atomic mass is 19.1. The van der Waals surface area contributed by atoms with E-state index in [-0.39, 0.29) is 17.6 Å². The molecule has 20 heavy (non-hydrogen) atoms. The van der Waals surface area contributed by atoms with E-state index in [1.165, 1.54) is 6.07 Å². The zero-order valence-corrected chi connectivity index (χ0v) is 12.2. The van der Waals surface area contributed by atoms with Crippen LogP contribution in [0.3, 0.4) is 0 Å². The largest absolute Gasteiger partial charge is 0.457 e. The van der Waals surface area contributed by atoms with Gasteiger partial charge in [-0.3, -0.25) is 9.59 Å². The first-order chi connectivity index (χ1) is 9.20. The van der Waals surface area contributed by atoms with Crippen molar-refractivity contribution in [1.82, 2.24) is 0 Å². The standard InChI is InChI=1S/C16H19FO3/c1-9-7-10-11(8-12(9)17)14(6-5-13(10)18)20-15(19)16(2,3)4/h7-8,14H,5-6H2,1-4H3. The van der Waals surface area contributed by atoms with E-state index in [2.05, 4.69) is 0 Å². The van der Waals surface area contributed by atoms with Gasteiger partial charge in [-0.25, -0.2) is 4.39 Å². The second-order valence-corrected chi connectivity index (χ2v) is 6.29. The minimum Gasteiger partial charge on any atom is -0.457 e. The Labute approximate surface area is 118 Å². The van der Waals surface area contributed by atoms with Gasteiger partial charge in [-0.1, -0.05) is 0 Å². The Morgan fingerprint density at radius 2 is 2.00 bits per heavy atom. The third kappa shape index (κ3) is 2.74. The number of halogens is 1. The molecule has 1 aliphatic carbocycles. The molecule has 1 aliphatic rings. The summed E-state index contributed by atoms with van der Waals surface area (Å²) in [6.07, 6.45) is 0.195. The fraction of sp³-hybridized carbons (Fsp3) is 0.500. The number of esters is 1. The summed E-state index contributed by atoms with van der Waals surface area (Å²) >= 11 is 0. The fourth-order valence-electron chi connectivity index (χ4n) is 2.19. The number of rotatable bonds is 1. The number of hydrogen-bond donors (Lipinski definition) is 0. The van der Waals surface area contributed by atoms with E-state index >= 15 is 0 Å². The van der Waals surface area contributed by atoms with Crippen LogP contribution in [-0.4, -0.2) is 11.8 Å². The lowest BCUT2D eigenvalue weighted by Crippen LogP contribution is -2.27. The topological polar surface area (TPSA) is 43.4 Å².